The van der Waals surface area contributed by atoms with Gasteiger partial charge in [-0.3, -0.25) is 4.79 Å². The van der Waals surface area contributed by atoms with Crippen LogP contribution in [0.2, 0.25) is 0 Å². The fourth-order valence-corrected chi connectivity index (χ4v) is 3.16. The summed E-state index contributed by atoms with van der Waals surface area (Å²) in [5.74, 6) is 1.70. The lowest BCUT2D eigenvalue weighted by atomic mass is 9.96. The molecule has 124 valence electrons. The quantitative estimate of drug-likeness (QED) is 0.936. The number of carbonyl (C=O) groups excluding carboxylic acids is 1. The number of aryl methyl sites for hydroxylation is 1. The second-order valence-corrected chi connectivity index (χ2v) is 6.19. The molecule has 1 amide bonds. The Bertz CT molecular complexity index is 661. The first kappa shape index (κ1) is 15.8. The van der Waals surface area contributed by atoms with Gasteiger partial charge in [0.25, 0.3) is 5.89 Å². The second kappa shape index (κ2) is 6.58. The highest BCUT2D eigenvalue weighted by atomic mass is 16.4. The summed E-state index contributed by atoms with van der Waals surface area (Å²) in [6.45, 7) is 4.56. The van der Waals surface area contributed by atoms with Crippen LogP contribution in [-0.4, -0.2) is 34.4 Å². The lowest BCUT2D eigenvalue weighted by molar-refractivity contribution is -0.134. The third-order valence-corrected chi connectivity index (χ3v) is 4.42. The highest BCUT2D eigenvalue weighted by molar-refractivity contribution is 5.79. The summed E-state index contributed by atoms with van der Waals surface area (Å²) in [7, 11) is 0. The fraction of sp³-hybridized carbons (Fsp3) is 0.529. The highest BCUT2D eigenvalue weighted by Crippen LogP contribution is 2.24. The van der Waals surface area contributed by atoms with Crippen molar-refractivity contribution in [2.75, 3.05) is 6.54 Å². The Kier molecular flexibility index (Phi) is 4.52. The van der Waals surface area contributed by atoms with Crippen molar-refractivity contribution in [3.8, 4) is 11.7 Å². The van der Waals surface area contributed by atoms with Crippen LogP contribution in [0.4, 0.5) is 0 Å². The van der Waals surface area contributed by atoms with Crippen molar-refractivity contribution in [3.63, 3.8) is 0 Å². The number of nitrogens with two attached hydrogens (primary N) is 1. The highest BCUT2D eigenvalue weighted by Gasteiger charge is 2.30. The van der Waals surface area contributed by atoms with Gasteiger partial charge in [0.1, 0.15) is 5.76 Å². The van der Waals surface area contributed by atoms with Gasteiger partial charge in [-0.15, -0.1) is 0 Å². The van der Waals surface area contributed by atoms with Gasteiger partial charge in [-0.25, -0.2) is 4.98 Å². The van der Waals surface area contributed by atoms with Crippen LogP contribution in [0.3, 0.4) is 0 Å². The average molecular weight is 317 g/mol. The largest absolute Gasteiger partial charge is 0.459 e. The Labute approximate surface area is 135 Å². The Morgan fingerprint density at radius 2 is 2.35 bits per heavy atom. The lowest BCUT2D eigenvalue weighted by Crippen LogP contribution is -2.52. The van der Waals surface area contributed by atoms with Crippen molar-refractivity contribution >= 4 is 5.91 Å². The third-order valence-electron chi connectivity index (χ3n) is 4.42. The molecule has 0 bridgehead atoms. The van der Waals surface area contributed by atoms with E-state index in [4.69, 9.17) is 14.6 Å². The average Bonchev–Trinajstić information content (AvgIpc) is 3.17. The van der Waals surface area contributed by atoms with Crippen LogP contribution in [0.5, 0.6) is 0 Å². The van der Waals surface area contributed by atoms with E-state index in [0.29, 0.717) is 23.1 Å². The zero-order valence-electron chi connectivity index (χ0n) is 13.6. The van der Waals surface area contributed by atoms with Crippen LogP contribution >= 0.6 is 0 Å². The number of rotatable bonds is 4. The number of hydrogen-bond donors (Lipinski definition) is 1. The molecule has 3 heterocycles. The van der Waals surface area contributed by atoms with Gasteiger partial charge in [-0.1, -0.05) is 0 Å². The molecule has 3 rings (SSSR count). The summed E-state index contributed by atoms with van der Waals surface area (Å²) in [5.41, 5.74) is 6.71. The van der Waals surface area contributed by atoms with Gasteiger partial charge in [0.15, 0.2) is 5.76 Å². The number of oxazole rings is 1. The van der Waals surface area contributed by atoms with E-state index >= 15 is 0 Å². The van der Waals surface area contributed by atoms with Crippen molar-refractivity contribution in [2.24, 2.45) is 5.73 Å². The van der Waals surface area contributed by atoms with E-state index in [1.165, 1.54) is 0 Å². The van der Waals surface area contributed by atoms with Crippen LogP contribution in [0.15, 0.2) is 27.2 Å². The molecule has 1 saturated heterocycles. The summed E-state index contributed by atoms with van der Waals surface area (Å²) in [6, 6.07) is 3.67. The Hall–Kier alpha value is -2.08. The number of carbonyl (C=O) groups is 1. The summed E-state index contributed by atoms with van der Waals surface area (Å²) < 4.78 is 10.9. The first-order chi connectivity index (χ1) is 11.1. The van der Waals surface area contributed by atoms with Crippen LogP contribution in [0, 0.1) is 6.92 Å². The summed E-state index contributed by atoms with van der Waals surface area (Å²) in [4.78, 5) is 19.0. The number of amides is 1. The number of hydrogen-bond acceptors (Lipinski definition) is 5. The van der Waals surface area contributed by atoms with E-state index in [1.54, 1.807) is 18.4 Å². The second-order valence-electron chi connectivity index (χ2n) is 6.19. The maximum Gasteiger partial charge on any atom is 0.263 e. The monoisotopic (exact) mass is 317 g/mol. The van der Waals surface area contributed by atoms with Crippen molar-refractivity contribution < 1.29 is 13.6 Å². The van der Waals surface area contributed by atoms with Gasteiger partial charge in [0.05, 0.1) is 18.4 Å². The zero-order chi connectivity index (χ0) is 16.4. The minimum atomic E-state index is -0.0173. The van der Waals surface area contributed by atoms with E-state index in [0.717, 1.165) is 25.8 Å². The van der Waals surface area contributed by atoms with E-state index in [1.807, 2.05) is 18.7 Å². The van der Waals surface area contributed by atoms with E-state index in [9.17, 15) is 4.79 Å². The Morgan fingerprint density at radius 1 is 1.52 bits per heavy atom. The molecular weight excluding hydrogens is 294 g/mol. The molecular formula is C17H23N3O3. The molecule has 2 aromatic heterocycles. The summed E-state index contributed by atoms with van der Waals surface area (Å²) in [5, 5.41) is 0. The Morgan fingerprint density at radius 3 is 3.04 bits per heavy atom. The molecule has 1 aliphatic rings. The molecule has 1 aliphatic heterocycles. The minimum absolute atomic E-state index is 0.0173. The molecule has 6 heteroatoms. The van der Waals surface area contributed by atoms with Crippen molar-refractivity contribution in [1.82, 2.24) is 9.88 Å². The van der Waals surface area contributed by atoms with Gasteiger partial charge in [-0.05, 0) is 45.2 Å². The summed E-state index contributed by atoms with van der Waals surface area (Å²) >= 11 is 0. The molecule has 2 aromatic rings. The van der Waals surface area contributed by atoms with Crippen molar-refractivity contribution in [3.05, 3.63) is 29.9 Å². The predicted molar refractivity (Wildman–Crippen MR) is 85.6 cm³/mol. The molecule has 0 spiro atoms. The molecule has 2 unspecified atom stereocenters. The number of aromatic nitrogens is 1. The van der Waals surface area contributed by atoms with Crippen molar-refractivity contribution in [2.45, 2.75) is 51.6 Å². The van der Waals surface area contributed by atoms with Crippen LogP contribution in [-0.2, 0) is 11.2 Å². The van der Waals surface area contributed by atoms with Gasteiger partial charge < -0.3 is 19.5 Å². The smallest absolute Gasteiger partial charge is 0.263 e. The SMILES string of the molecule is Cc1oc(-c2ccco2)nc1CC(=O)N1CCCCC1C(C)N. The zero-order valence-corrected chi connectivity index (χ0v) is 13.6. The van der Waals surface area contributed by atoms with E-state index in [-0.39, 0.29) is 24.4 Å². The first-order valence-electron chi connectivity index (χ1n) is 8.11. The van der Waals surface area contributed by atoms with Gasteiger partial charge in [0.2, 0.25) is 5.91 Å². The van der Waals surface area contributed by atoms with Gasteiger partial charge >= 0.3 is 0 Å². The maximum absolute atomic E-state index is 12.7. The molecule has 0 saturated carbocycles. The molecule has 23 heavy (non-hydrogen) atoms. The lowest BCUT2D eigenvalue weighted by Gasteiger charge is -2.38. The molecule has 0 aromatic carbocycles. The molecule has 0 aliphatic carbocycles. The normalized spacial score (nSPS) is 19.8. The molecule has 1 fully saturated rings. The Balaban J connectivity index is 1.75. The van der Waals surface area contributed by atoms with Crippen LogP contribution in [0.25, 0.3) is 11.7 Å². The topological polar surface area (TPSA) is 85.5 Å². The van der Waals surface area contributed by atoms with E-state index in [2.05, 4.69) is 4.98 Å². The summed E-state index contributed by atoms with van der Waals surface area (Å²) in [6.07, 6.45) is 4.94. The standard InChI is InChI=1S/C17H23N3O3/c1-11(18)14-6-3-4-8-20(14)16(21)10-13-12(2)23-17(19-13)15-7-5-9-22-15/h5,7,9,11,14H,3-4,6,8,10,18H2,1-2H3. The molecule has 0 radical (unpaired) electrons. The van der Waals surface area contributed by atoms with Crippen molar-refractivity contribution in [1.29, 1.82) is 0 Å². The first-order valence-corrected chi connectivity index (χ1v) is 8.11. The van der Waals surface area contributed by atoms with Gasteiger partial charge in [-0.2, -0.15) is 0 Å². The number of likely N-dealkylation sites (tertiary alicyclic amines) is 1. The number of piperidine rings is 1. The van der Waals surface area contributed by atoms with Gasteiger partial charge in [0, 0.05) is 18.6 Å². The van der Waals surface area contributed by atoms with E-state index < -0.39 is 0 Å². The van der Waals surface area contributed by atoms with Crippen LogP contribution < -0.4 is 5.73 Å². The minimum Gasteiger partial charge on any atom is -0.459 e. The predicted octanol–water partition coefficient (Wildman–Crippen LogP) is 2.51. The maximum atomic E-state index is 12.7. The molecule has 2 atom stereocenters. The fourth-order valence-electron chi connectivity index (χ4n) is 3.16. The number of nitrogens with zero attached hydrogens (tertiary/aromatic N) is 2. The van der Waals surface area contributed by atoms with Crippen LogP contribution in [0.1, 0.15) is 37.6 Å². The number of furan rings is 1. The molecule has 2 N–H and O–H groups in total. The third kappa shape index (κ3) is 3.32. The molecule has 6 nitrogen and oxygen atoms in total.